The Kier molecular flexibility index (Phi) is 2.07. The highest BCUT2D eigenvalue weighted by Gasteiger charge is 2.36. The number of rotatable bonds is 1. The number of esters is 1. The van der Waals surface area contributed by atoms with E-state index in [-0.39, 0.29) is 5.97 Å². The number of hydrogen-bond donors (Lipinski definition) is 1. The Morgan fingerprint density at radius 3 is 2.80 bits per heavy atom. The fraction of sp³-hybridized carbons (Fsp3) is 0.364. The van der Waals surface area contributed by atoms with Crippen LogP contribution in [0.25, 0.3) is 0 Å². The summed E-state index contributed by atoms with van der Waals surface area (Å²) in [5.41, 5.74) is 0.0817. The van der Waals surface area contributed by atoms with Crippen molar-refractivity contribution < 1.29 is 14.3 Å². The monoisotopic (exact) mass is 207 g/mol. The summed E-state index contributed by atoms with van der Waals surface area (Å²) in [5.74, 6) is 0.715. The minimum absolute atomic E-state index is 0.306. The minimum Gasteiger partial charge on any atom is -0.493 e. The van der Waals surface area contributed by atoms with Gasteiger partial charge < -0.3 is 14.8 Å². The molecule has 0 saturated carbocycles. The Labute approximate surface area is 88.2 Å². The van der Waals surface area contributed by atoms with Gasteiger partial charge in [-0.15, -0.1) is 0 Å². The average molecular weight is 207 g/mol. The first-order chi connectivity index (χ1) is 7.04. The third kappa shape index (κ3) is 1.52. The van der Waals surface area contributed by atoms with E-state index in [4.69, 9.17) is 9.47 Å². The number of carbonyl (C=O) groups is 1. The maximum absolute atomic E-state index is 11.6. The molecule has 1 aliphatic rings. The summed E-state index contributed by atoms with van der Waals surface area (Å²) in [6.07, 6.45) is 0. The molecule has 0 fully saturated rings. The van der Waals surface area contributed by atoms with E-state index in [0.717, 1.165) is 5.69 Å². The molecule has 4 nitrogen and oxygen atoms in total. The van der Waals surface area contributed by atoms with E-state index in [0.29, 0.717) is 11.5 Å². The van der Waals surface area contributed by atoms with Crippen molar-refractivity contribution in [3.05, 3.63) is 18.2 Å². The Bertz CT molecular complexity index is 412. The highest BCUT2D eigenvalue weighted by molar-refractivity contribution is 5.91. The lowest BCUT2D eigenvalue weighted by atomic mass is 10.0. The summed E-state index contributed by atoms with van der Waals surface area (Å²) < 4.78 is 10.4. The number of carbonyl (C=O) groups excluding carboxylic acids is 1. The largest absolute Gasteiger partial charge is 0.493 e. The summed E-state index contributed by atoms with van der Waals surface area (Å²) in [7, 11) is 1.54. The molecule has 1 aromatic rings. The first-order valence-corrected chi connectivity index (χ1v) is 4.72. The Morgan fingerprint density at radius 1 is 1.40 bits per heavy atom. The van der Waals surface area contributed by atoms with Crippen molar-refractivity contribution in [1.82, 2.24) is 0 Å². The number of methoxy groups -OCH3 is 1. The van der Waals surface area contributed by atoms with Crippen LogP contribution in [0.4, 0.5) is 5.69 Å². The molecular weight excluding hydrogens is 194 g/mol. The molecule has 4 heteroatoms. The maximum Gasteiger partial charge on any atom is 0.336 e. The van der Waals surface area contributed by atoms with E-state index >= 15 is 0 Å². The van der Waals surface area contributed by atoms with Crippen molar-refractivity contribution in [2.24, 2.45) is 0 Å². The zero-order valence-corrected chi connectivity index (χ0v) is 8.96. The molecule has 0 aromatic heterocycles. The maximum atomic E-state index is 11.6. The normalized spacial score (nSPS) is 17.4. The molecule has 15 heavy (non-hydrogen) atoms. The molecule has 1 N–H and O–H groups in total. The second-order valence-electron chi connectivity index (χ2n) is 3.98. The zero-order chi connectivity index (χ0) is 11.1. The number of ether oxygens (including phenoxy) is 2. The Morgan fingerprint density at radius 2 is 2.13 bits per heavy atom. The van der Waals surface area contributed by atoms with Crippen LogP contribution in [0, 0.1) is 0 Å². The predicted molar refractivity (Wildman–Crippen MR) is 56.3 cm³/mol. The Hall–Kier alpha value is -1.71. The number of fused-ring (bicyclic) bond motifs is 1. The van der Waals surface area contributed by atoms with Gasteiger partial charge in [-0.3, -0.25) is 0 Å². The van der Waals surface area contributed by atoms with Gasteiger partial charge in [0.05, 0.1) is 12.8 Å². The number of anilines is 1. The van der Waals surface area contributed by atoms with Crippen LogP contribution in [0.5, 0.6) is 11.5 Å². The number of nitrogens with one attached hydrogen (secondary N) is 1. The highest BCUT2D eigenvalue weighted by atomic mass is 16.6. The van der Waals surface area contributed by atoms with Crippen LogP contribution in [-0.2, 0) is 4.79 Å². The number of para-hydroxylation sites is 1. The molecule has 0 bridgehead atoms. The van der Waals surface area contributed by atoms with Crippen molar-refractivity contribution in [2.75, 3.05) is 12.4 Å². The van der Waals surface area contributed by atoms with E-state index in [1.165, 1.54) is 0 Å². The lowest BCUT2D eigenvalue weighted by Gasteiger charge is -2.31. The van der Waals surface area contributed by atoms with Crippen LogP contribution < -0.4 is 14.8 Å². The Balaban J connectivity index is 2.49. The second kappa shape index (κ2) is 3.15. The van der Waals surface area contributed by atoms with Gasteiger partial charge in [0.15, 0.2) is 11.5 Å². The van der Waals surface area contributed by atoms with E-state index in [9.17, 15) is 4.79 Å². The van der Waals surface area contributed by atoms with Crippen molar-refractivity contribution in [2.45, 2.75) is 19.4 Å². The summed E-state index contributed by atoms with van der Waals surface area (Å²) in [5, 5.41) is 3.11. The minimum atomic E-state index is -0.695. The van der Waals surface area contributed by atoms with Crippen molar-refractivity contribution in [3.63, 3.8) is 0 Å². The van der Waals surface area contributed by atoms with Crippen LogP contribution in [-0.4, -0.2) is 18.6 Å². The molecule has 1 aliphatic heterocycles. The van der Waals surface area contributed by atoms with Crippen LogP contribution in [0.3, 0.4) is 0 Å². The molecule has 80 valence electrons. The molecule has 0 amide bonds. The van der Waals surface area contributed by atoms with Crippen LogP contribution in [0.2, 0.25) is 0 Å². The number of benzene rings is 1. The van der Waals surface area contributed by atoms with Crippen LogP contribution in [0.1, 0.15) is 13.8 Å². The van der Waals surface area contributed by atoms with Gasteiger partial charge in [-0.25, -0.2) is 4.79 Å². The summed E-state index contributed by atoms with van der Waals surface area (Å²) in [6, 6.07) is 5.46. The third-order valence-electron chi connectivity index (χ3n) is 2.35. The van der Waals surface area contributed by atoms with Gasteiger partial charge in [0.2, 0.25) is 0 Å². The fourth-order valence-corrected chi connectivity index (χ4v) is 1.49. The lowest BCUT2D eigenvalue weighted by molar-refractivity contribution is -0.139. The van der Waals surface area contributed by atoms with Gasteiger partial charge in [0.25, 0.3) is 0 Å². The fourth-order valence-electron chi connectivity index (χ4n) is 1.49. The van der Waals surface area contributed by atoms with Crippen molar-refractivity contribution >= 4 is 11.7 Å². The quantitative estimate of drug-likeness (QED) is 0.563. The zero-order valence-electron chi connectivity index (χ0n) is 8.96. The topological polar surface area (TPSA) is 47.6 Å². The molecule has 0 radical (unpaired) electrons. The molecule has 0 unspecified atom stereocenters. The van der Waals surface area contributed by atoms with E-state index in [1.807, 2.05) is 12.1 Å². The van der Waals surface area contributed by atoms with E-state index in [2.05, 4.69) is 5.32 Å². The van der Waals surface area contributed by atoms with Gasteiger partial charge >= 0.3 is 5.97 Å². The molecule has 1 heterocycles. The molecule has 0 atom stereocenters. The van der Waals surface area contributed by atoms with E-state index in [1.54, 1.807) is 27.0 Å². The smallest absolute Gasteiger partial charge is 0.336 e. The summed E-state index contributed by atoms with van der Waals surface area (Å²) in [6.45, 7) is 3.55. The SMILES string of the molecule is COc1cccc2c1OC(=O)C(C)(C)N2. The predicted octanol–water partition coefficient (Wildman–Crippen LogP) is 1.80. The van der Waals surface area contributed by atoms with Crippen molar-refractivity contribution in [1.29, 1.82) is 0 Å². The number of hydrogen-bond acceptors (Lipinski definition) is 4. The standard InChI is InChI=1S/C11H13NO3/c1-11(2)10(13)15-9-7(12-11)5-4-6-8(9)14-3/h4-6,12H,1-3H3. The van der Waals surface area contributed by atoms with E-state index < -0.39 is 5.54 Å². The molecule has 0 spiro atoms. The van der Waals surface area contributed by atoms with Gasteiger partial charge in [-0.2, -0.15) is 0 Å². The van der Waals surface area contributed by atoms with Gasteiger partial charge in [-0.05, 0) is 26.0 Å². The molecule has 0 aliphatic carbocycles. The average Bonchev–Trinajstić information content (AvgIpc) is 2.18. The molecule has 0 saturated heterocycles. The first-order valence-electron chi connectivity index (χ1n) is 4.72. The second-order valence-corrected chi connectivity index (χ2v) is 3.98. The molecule has 2 rings (SSSR count). The van der Waals surface area contributed by atoms with Gasteiger partial charge in [0.1, 0.15) is 5.54 Å². The molecular formula is C11H13NO3. The highest BCUT2D eigenvalue weighted by Crippen LogP contribution is 2.40. The van der Waals surface area contributed by atoms with Crippen molar-refractivity contribution in [3.8, 4) is 11.5 Å². The van der Waals surface area contributed by atoms with Crippen LogP contribution >= 0.6 is 0 Å². The van der Waals surface area contributed by atoms with Gasteiger partial charge in [-0.1, -0.05) is 6.07 Å². The lowest BCUT2D eigenvalue weighted by Crippen LogP contribution is -2.46. The van der Waals surface area contributed by atoms with Gasteiger partial charge in [0, 0.05) is 0 Å². The van der Waals surface area contributed by atoms with Crippen LogP contribution in [0.15, 0.2) is 18.2 Å². The summed E-state index contributed by atoms with van der Waals surface area (Å²) in [4.78, 5) is 11.6. The molecule has 1 aromatic carbocycles. The third-order valence-corrected chi connectivity index (χ3v) is 2.35. The first kappa shape index (κ1) is 9.83. The summed E-state index contributed by atoms with van der Waals surface area (Å²) >= 11 is 0.